The summed E-state index contributed by atoms with van der Waals surface area (Å²) in [4.78, 5) is 25.0. The lowest BCUT2D eigenvalue weighted by molar-refractivity contribution is -0.144. The third-order valence-electron chi connectivity index (χ3n) is 6.42. The number of nitrogen functional groups attached to an aromatic ring is 1. The molecular formula is C27H35N6O8P. The average molecular weight is 603 g/mol. The van der Waals surface area contributed by atoms with Crippen LogP contribution in [0.15, 0.2) is 59.7 Å². The molecule has 1 saturated heterocycles. The van der Waals surface area contributed by atoms with Crippen LogP contribution in [-0.4, -0.2) is 63.1 Å². The van der Waals surface area contributed by atoms with E-state index in [0.717, 1.165) is 7.11 Å². The van der Waals surface area contributed by atoms with Gasteiger partial charge in [-0.05, 0) is 32.4 Å². The standard InChI is InChI=1S/C26H31N6O7P.CH4O/c1-4-35-26(33)17(3)31-40(34,39-18-8-6-5-7-9-18)37-14-19-12-16(2)25(38-19)32-13-20(24-28-10-11-36-24)21-22(27)29-15-30-23(21)32;1-2/h5-11,13,15-17,19,25H,4,12,14H2,1-3H3,(H,31,34)(H2,27,29,30);2H,1H3/t16?,17-,19-,25+,40?;/m0./s1. The second-order valence-electron chi connectivity index (χ2n) is 9.41. The molecule has 2 unspecified atom stereocenters. The first kappa shape index (κ1) is 31.1. The Balaban J connectivity index is 0.00000198. The summed E-state index contributed by atoms with van der Waals surface area (Å²) in [6.07, 6.45) is 5.97. The molecule has 0 radical (unpaired) electrons. The highest BCUT2D eigenvalue weighted by Gasteiger charge is 2.39. The quantitative estimate of drug-likeness (QED) is 0.166. The summed E-state index contributed by atoms with van der Waals surface area (Å²) >= 11 is 0. The number of oxazole rings is 1. The van der Waals surface area contributed by atoms with E-state index in [-0.39, 0.29) is 19.1 Å². The zero-order valence-corrected chi connectivity index (χ0v) is 24.6. The van der Waals surface area contributed by atoms with Crippen LogP contribution in [0.4, 0.5) is 5.82 Å². The van der Waals surface area contributed by atoms with Gasteiger partial charge in [0.1, 0.15) is 42.1 Å². The van der Waals surface area contributed by atoms with Crippen LogP contribution in [0.1, 0.15) is 33.4 Å². The van der Waals surface area contributed by atoms with Gasteiger partial charge < -0.3 is 33.8 Å². The minimum atomic E-state index is -4.01. The summed E-state index contributed by atoms with van der Waals surface area (Å²) in [6.45, 7) is 5.39. The molecule has 226 valence electrons. The third kappa shape index (κ3) is 6.97. The summed E-state index contributed by atoms with van der Waals surface area (Å²) in [7, 11) is -3.01. The Kier molecular flexibility index (Phi) is 10.3. The topological polar surface area (TPSA) is 186 Å². The maximum absolute atomic E-state index is 13.8. The highest BCUT2D eigenvalue weighted by molar-refractivity contribution is 7.52. The zero-order chi connectivity index (χ0) is 30.3. The van der Waals surface area contributed by atoms with Crippen molar-refractivity contribution < 1.29 is 37.4 Å². The maximum atomic E-state index is 13.8. The molecule has 42 heavy (non-hydrogen) atoms. The van der Waals surface area contributed by atoms with Crippen LogP contribution >= 0.6 is 7.75 Å². The monoisotopic (exact) mass is 602 g/mol. The van der Waals surface area contributed by atoms with E-state index in [4.69, 9.17) is 33.8 Å². The van der Waals surface area contributed by atoms with Crippen molar-refractivity contribution in [2.45, 2.75) is 45.6 Å². The number of nitrogens with zero attached hydrogens (tertiary/aromatic N) is 4. The molecule has 4 heterocycles. The van der Waals surface area contributed by atoms with Gasteiger partial charge in [0, 0.05) is 19.2 Å². The van der Waals surface area contributed by atoms with Crippen molar-refractivity contribution in [3.05, 3.63) is 55.3 Å². The number of aliphatic hydroxyl groups is 1. The number of benzene rings is 1. The normalized spacial score (nSPS) is 20.4. The summed E-state index contributed by atoms with van der Waals surface area (Å²) < 4.78 is 44.1. The van der Waals surface area contributed by atoms with Crippen molar-refractivity contribution in [3.8, 4) is 17.2 Å². The predicted molar refractivity (Wildman–Crippen MR) is 153 cm³/mol. The Morgan fingerprint density at radius 1 is 1.26 bits per heavy atom. The molecule has 14 nitrogen and oxygen atoms in total. The molecule has 1 aliphatic heterocycles. The first-order valence-corrected chi connectivity index (χ1v) is 14.9. The molecule has 0 bridgehead atoms. The molecule has 3 aromatic heterocycles. The Labute approximate surface area is 242 Å². The van der Waals surface area contributed by atoms with Gasteiger partial charge in [0.25, 0.3) is 0 Å². The first-order chi connectivity index (χ1) is 20.3. The predicted octanol–water partition coefficient (Wildman–Crippen LogP) is 3.95. The van der Waals surface area contributed by atoms with E-state index in [1.807, 2.05) is 17.7 Å². The smallest absolute Gasteiger partial charge is 0.459 e. The van der Waals surface area contributed by atoms with Gasteiger partial charge in [-0.25, -0.2) is 19.5 Å². The number of anilines is 1. The Morgan fingerprint density at radius 2 is 2.02 bits per heavy atom. The van der Waals surface area contributed by atoms with Crippen molar-refractivity contribution in [1.29, 1.82) is 0 Å². The van der Waals surface area contributed by atoms with E-state index < -0.39 is 32.1 Å². The van der Waals surface area contributed by atoms with Gasteiger partial charge >= 0.3 is 13.7 Å². The molecule has 0 saturated carbocycles. The SMILES string of the molecule is CCOC(=O)[C@H](C)NP(=O)(OC[C@@H]1CC(C)[C@H](n2cc(-c3ncco3)c3c(N)ncnc32)O1)Oc1ccccc1.CO. The van der Waals surface area contributed by atoms with Gasteiger partial charge in [0.15, 0.2) is 0 Å². The number of hydrogen-bond acceptors (Lipinski definition) is 12. The van der Waals surface area contributed by atoms with E-state index in [1.54, 1.807) is 43.5 Å². The van der Waals surface area contributed by atoms with Crippen molar-refractivity contribution in [2.75, 3.05) is 26.1 Å². The lowest BCUT2D eigenvalue weighted by Crippen LogP contribution is -2.35. The molecule has 5 atom stereocenters. The van der Waals surface area contributed by atoms with Crippen molar-refractivity contribution in [3.63, 3.8) is 0 Å². The van der Waals surface area contributed by atoms with Crippen molar-refractivity contribution in [2.24, 2.45) is 5.92 Å². The van der Waals surface area contributed by atoms with Crippen molar-refractivity contribution >= 4 is 30.6 Å². The van der Waals surface area contributed by atoms with Crippen LogP contribution < -0.4 is 15.3 Å². The number of fused-ring (bicyclic) bond motifs is 1. The molecule has 5 rings (SSSR count). The van der Waals surface area contributed by atoms with E-state index in [0.29, 0.717) is 40.5 Å². The van der Waals surface area contributed by atoms with Crippen LogP contribution in [0.5, 0.6) is 5.75 Å². The van der Waals surface area contributed by atoms with Crippen LogP contribution in [0.2, 0.25) is 0 Å². The molecule has 0 spiro atoms. The number of carbonyl (C=O) groups excluding carboxylic acids is 1. The summed E-state index contributed by atoms with van der Waals surface area (Å²) in [5.41, 5.74) is 7.41. The van der Waals surface area contributed by atoms with Gasteiger partial charge in [0.2, 0.25) is 5.89 Å². The minimum absolute atomic E-state index is 0.0265. The number of rotatable bonds is 11. The molecule has 1 aliphatic rings. The molecule has 4 N–H and O–H groups in total. The number of nitrogens with one attached hydrogen (secondary N) is 1. The number of carbonyl (C=O) groups is 1. The molecular weight excluding hydrogens is 567 g/mol. The van der Waals surface area contributed by atoms with Crippen molar-refractivity contribution in [1.82, 2.24) is 24.6 Å². The fraction of sp³-hybridized carbons (Fsp3) is 0.407. The minimum Gasteiger partial charge on any atom is -0.465 e. The second-order valence-corrected chi connectivity index (χ2v) is 11.1. The molecule has 4 aromatic rings. The molecule has 15 heteroatoms. The van der Waals surface area contributed by atoms with Crippen LogP contribution in [0.3, 0.4) is 0 Å². The Bertz CT molecular complexity index is 1500. The number of esters is 1. The molecule has 0 amide bonds. The maximum Gasteiger partial charge on any atom is 0.459 e. The van der Waals surface area contributed by atoms with E-state index in [9.17, 15) is 9.36 Å². The lowest BCUT2D eigenvalue weighted by Gasteiger charge is -2.24. The summed E-state index contributed by atoms with van der Waals surface area (Å²) in [6, 6.07) is 7.64. The highest BCUT2D eigenvalue weighted by atomic mass is 31.2. The lowest BCUT2D eigenvalue weighted by atomic mass is 10.1. The third-order valence-corrected chi connectivity index (χ3v) is 8.06. The van der Waals surface area contributed by atoms with Crippen LogP contribution in [0.25, 0.3) is 22.5 Å². The zero-order valence-electron chi connectivity index (χ0n) is 23.7. The fourth-order valence-corrected chi connectivity index (χ4v) is 6.16. The first-order valence-electron chi connectivity index (χ1n) is 13.3. The number of para-hydroxylation sites is 1. The summed E-state index contributed by atoms with van der Waals surface area (Å²) in [5.74, 6) is 0.456. The van der Waals surface area contributed by atoms with E-state index in [2.05, 4.69) is 20.0 Å². The van der Waals surface area contributed by atoms with Crippen LogP contribution in [-0.2, 0) is 23.4 Å². The van der Waals surface area contributed by atoms with E-state index >= 15 is 0 Å². The number of nitrogens with two attached hydrogens (primary N) is 1. The van der Waals surface area contributed by atoms with Gasteiger partial charge in [-0.2, -0.15) is 5.09 Å². The number of aromatic nitrogens is 4. The number of ether oxygens (including phenoxy) is 2. The summed E-state index contributed by atoms with van der Waals surface area (Å²) in [5, 5.41) is 10.3. The molecule has 0 aliphatic carbocycles. The van der Waals surface area contributed by atoms with Gasteiger partial charge in [-0.3, -0.25) is 9.32 Å². The largest absolute Gasteiger partial charge is 0.465 e. The van der Waals surface area contributed by atoms with Gasteiger partial charge in [-0.1, -0.05) is 25.1 Å². The fourth-order valence-electron chi connectivity index (χ4n) is 4.63. The second kappa shape index (κ2) is 13.9. The van der Waals surface area contributed by atoms with E-state index in [1.165, 1.54) is 19.5 Å². The molecule has 1 aromatic carbocycles. The van der Waals surface area contributed by atoms with Gasteiger partial charge in [-0.15, -0.1) is 0 Å². The number of aliphatic hydroxyl groups excluding tert-OH is 1. The number of hydrogen-bond donors (Lipinski definition) is 3. The van der Waals surface area contributed by atoms with Gasteiger partial charge in [0.05, 0.1) is 36.5 Å². The Morgan fingerprint density at radius 3 is 2.71 bits per heavy atom. The average Bonchev–Trinajstić information content (AvgIpc) is 3.73. The molecule has 1 fully saturated rings. The highest BCUT2D eigenvalue weighted by Crippen LogP contribution is 2.47. The van der Waals surface area contributed by atoms with Crippen LogP contribution in [0, 0.1) is 5.92 Å². The Hall–Kier alpha value is -3.81.